The Labute approximate surface area is 126 Å². The number of nitrogen functional groups attached to an aromatic ring is 1. The van der Waals surface area contributed by atoms with Crippen LogP contribution < -0.4 is 11.1 Å². The molecule has 0 aliphatic carbocycles. The monoisotopic (exact) mass is 306 g/mol. The molecule has 1 unspecified atom stereocenters. The average molecular weight is 306 g/mol. The van der Waals surface area contributed by atoms with Gasteiger partial charge in [-0.25, -0.2) is 0 Å². The van der Waals surface area contributed by atoms with Crippen molar-refractivity contribution in [2.24, 2.45) is 0 Å². The largest absolute Gasteiger partial charge is 0.397 e. The number of thiophene rings is 1. The average Bonchev–Trinajstić information content (AvgIpc) is 3.06. The number of thioether (sulfide) groups is 1. The predicted molar refractivity (Wildman–Crippen MR) is 88.8 cm³/mol. The number of anilines is 1. The molecule has 0 bridgehead atoms. The maximum atomic E-state index is 12.3. The molecule has 0 saturated carbocycles. The first kappa shape index (κ1) is 13.8. The van der Waals surface area contributed by atoms with Gasteiger partial charge in [-0.1, -0.05) is 18.2 Å². The summed E-state index contributed by atoms with van der Waals surface area (Å²) in [6.45, 7) is 2.80. The standard InChI is InChI=1S/C15H18N2OS2/c1-9-4-2-6-11-12(16)14(20-13(9)11)15(18)17-8-10-5-3-7-19-10/h2,4,6,10H,3,5,7-8,16H2,1H3,(H,17,18). The van der Waals surface area contributed by atoms with Gasteiger partial charge in [0.25, 0.3) is 5.91 Å². The van der Waals surface area contributed by atoms with Gasteiger partial charge >= 0.3 is 0 Å². The normalized spacial score (nSPS) is 18.6. The first-order chi connectivity index (χ1) is 9.66. The summed E-state index contributed by atoms with van der Waals surface area (Å²) >= 11 is 3.45. The lowest BCUT2D eigenvalue weighted by molar-refractivity contribution is 0.0958. The van der Waals surface area contributed by atoms with Crippen LogP contribution in [0.2, 0.25) is 0 Å². The van der Waals surface area contributed by atoms with E-state index in [-0.39, 0.29) is 5.91 Å². The molecule has 1 atom stereocenters. The number of aryl methyl sites for hydroxylation is 1. The molecule has 2 heterocycles. The van der Waals surface area contributed by atoms with Gasteiger partial charge in [0.2, 0.25) is 0 Å². The van der Waals surface area contributed by atoms with Gasteiger partial charge in [0.1, 0.15) is 4.88 Å². The summed E-state index contributed by atoms with van der Waals surface area (Å²) in [7, 11) is 0. The van der Waals surface area contributed by atoms with Crippen LogP contribution in [-0.2, 0) is 0 Å². The molecule has 1 amide bonds. The van der Waals surface area contributed by atoms with Crippen molar-refractivity contribution in [3.8, 4) is 0 Å². The van der Waals surface area contributed by atoms with Gasteiger partial charge < -0.3 is 11.1 Å². The van der Waals surface area contributed by atoms with E-state index in [1.54, 1.807) is 0 Å². The lowest BCUT2D eigenvalue weighted by Gasteiger charge is -2.09. The van der Waals surface area contributed by atoms with Crippen LogP contribution in [0.4, 0.5) is 5.69 Å². The Hall–Kier alpha value is -1.20. The zero-order valence-corrected chi connectivity index (χ0v) is 13.1. The Bertz CT molecular complexity index is 645. The fraction of sp³-hybridized carbons (Fsp3) is 0.400. The van der Waals surface area contributed by atoms with Crippen LogP contribution in [0.5, 0.6) is 0 Å². The minimum Gasteiger partial charge on any atom is -0.397 e. The van der Waals surface area contributed by atoms with Gasteiger partial charge in [0.15, 0.2) is 0 Å². The third kappa shape index (κ3) is 2.52. The summed E-state index contributed by atoms with van der Waals surface area (Å²) < 4.78 is 1.12. The topological polar surface area (TPSA) is 55.1 Å². The van der Waals surface area contributed by atoms with Crippen molar-refractivity contribution in [2.45, 2.75) is 25.0 Å². The summed E-state index contributed by atoms with van der Waals surface area (Å²) in [5.74, 6) is 1.18. The minimum atomic E-state index is -0.0319. The number of nitrogens with one attached hydrogen (secondary N) is 1. The van der Waals surface area contributed by atoms with E-state index in [2.05, 4.69) is 18.3 Å². The number of carbonyl (C=O) groups is 1. The van der Waals surface area contributed by atoms with Crippen LogP contribution in [0.3, 0.4) is 0 Å². The third-order valence-electron chi connectivity index (χ3n) is 3.67. The highest BCUT2D eigenvalue weighted by Gasteiger charge is 2.20. The number of rotatable bonds is 3. The van der Waals surface area contributed by atoms with E-state index in [1.165, 1.54) is 35.5 Å². The lowest BCUT2D eigenvalue weighted by Crippen LogP contribution is -2.29. The summed E-state index contributed by atoms with van der Waals surface area (Å²) in [5, 5.41) is 4.59. The second-order valence-electron chi connectivity index (χ2n) is 5.14. The molecule has 106 valence electrons. The Morgan fingerprint density at radius 1 is 1.50 bits per heavy atom. The van der Waals surface area contributed by atoms with Crippen molar-refractivity contribution in [3.63, 3.8) is 0 Å². The van der Waals surface area contributed by atoms with Crippen LogP contribution in [0.1, 0.15) is 28.1 Å². The Balaban J connectivity index is 1.80. The van der Waals surface area contributed by atoms with E-state index in [9.17, 15) is 4.79 Å². The molecule has 3 nitrogen and oxygen atoms in total. The second-order valence-corrected chi connectivity index (χ2v) is 7.57. The Morgan fingerprint density at radius 2 is 2.35 bits per heavy atom. The lowest BCUT2D eigenvalue weighted by atomic mass is 10.1. The molecule has 1 aromatic carbocycles. The van der Waals surface area contributed by atoms with Crippen molar-refractivity contribution >= 4 is 44.8 Å². The second kappa shape index (κ2) is 5.66. The number of carbonyl (C=O) groups excluding carboxylic acids is 1. The highest BCUT2D eigenvalue weighted by molar-refractivity contribution is 8.00. The summed E-state index contributed by atoms with van der Waals surface area (Å²) in [6, 6.07) is 6.02. The molecule has 5 heteroatoms. The first-order valence-corrected chi connectivity index (χ1v) is 8.70. The first-order valence-electron chi connectivity index (χ1n) is 6.84. The molecule has 3 N–H and O–H groups in total. The number of amides is 1. The van der Waals surface area contributed by atoms with Crippen LogP contribution in [0.25, 0.3) is 10.1 Å². The number of hydrogen-bond donors (Lipinski definition) is 2. The fourth-order valence-electron chi connectivity index (χ4n) is 2.54. The van der Waals surface area contributed by atoms with Gasteiger partial charge in [-0.3, -0.25) is 4.79 Å². The van der Waals surface area contributed by atoms with Crippen LogP contribution in [0.15, 0.2) is 18.2 Å². The molecule has 0 spiro atoms. The zero-order valence-electron chi connectivity index (χ0n) is 11.4. The molecule has 0 radical (unpaired) electrons. The number of hydrogen-bond acceptors (Lipinski definition) is 4. The molecule has 1 saturated heterocycles. The van der Waals surface area contributed by atoms with Crippen LogP contribution >= 0.6 is 23.1 Å². The zero-order chi connectivity index (χ0) is 14.1. The predicted octanol–water partition coefficient (Wildman–Crippen LogP) is 3.42. The van der Waals surface area contributed by atoms with E-state index < -0.39 is 0 Å². The van der Waals surface area contributed by atoms with Crippen LogP contribution in [0, 0.1) is 6.92 Å². The van der Waals surface area contributed by atoms with Gasteiger partial charge in [0.05, 0.1) is 5.69 Å². The van der Waals surface area contributed by atoms with Crippen LogP contribution in [-0.4, -0.2) is 23.5 Å². The highest BCUT2D eigenvalue weighted by atomic mass is 32.2. The number of nitrogens with two attached hydrogens (primary N) is 1. The van der Waals surface area contributed by atoms with Crippen molar-refractivity contribution < 1.29 is 4.79 Å². The molecule has 1 aliphatic rings. The van der Waals surface area contributed by atoms with E-state index in [0.29, 0.717) is 15.8 Å². The molecule has 1 fully saturated rings. The third-order valence-corrected chi connectivity index (χ3v) is 6.42. The van der Waals surface area contributed by atoms with Gasteiger partial charge in [-0.05, 0) is 31.1 Å². The minimum absolute atomic E-state index is 0.0319. The molecule has 3 rings (SSSR count). The molecule has 20 heavy (non-hydrogen) atoms. The van der Waals surface area contributed by atoms with Gasteiger partial charge in [0, 0.05) is 21.9 Å². The van der Waals surface area contributed by atoms with E-state index in [1.807, 2.05) is 23.9 Å². The molecule has 1 aromatic heterocycles. The maximum absolute atomic E-state index is 12.3. The van der Waals surface area contributed by atoms with Gasteiger partial charge in [-0.2, -0.15) is 11.8 Å². The smallest absolute Gasteiger partial charge is 0.263 e. The van der Waals surface area contributed by atoms with Crippen molar-refractivity contribution in [1.82, 2.24) is 5.32 Å². The van der Waals surface area contributed by atoms with E-state index >= 15 is 0 Å². The Kier molecular flexibility index (Phi) is 3.89. The van der Waals surface area contributed by atoms with E-state index in [0.717, 1.165) is 16.6 Å². The summed E-state index contributed by atoms with van der Waals surface area (Å²) in [5.41, 5.74) is 7.92. The highest BCUT2D eigenvalue weighted by Crippen LogP contribution is 2.35. The Morgan fingerprint density at radius 3 is 3.05 bits per heavy atom. The van der Waals surface area contributed by atoms with Crippen molar-refractivity contribution in [3.05, 3.63) is 28.6 Å². The van der Waals surface area contributed by atoms with E-state index in [4.69, 9.17) is 5.73 Å². The maximum Gasteiger partial charge on any atom is 0.263 e. The molecule has 1 aliphatic heterocycles. The van der Waals surface area contributed by atoms with Gasteiger partial charge in [-0.15, -0.1) is 11.3 Å². The summed E-state index contributed by atoms with van der Waals surface area (Å²) in [6.07, 6.45) is 2.46. The quantitative estimate of drug-likeness (QED) is 0.913. The number of fused-ring (bicyclic) bond motifs is 1. The molecular formula is C15H18N2OS2. The van der Waals surface area contributed by atoms with Crippen molar-refractivity contribution in [2.75, 3.05) is 18.0 Å². The van der Waals surface area contributed by atoms with Crippen molar-refractivity contribution in [1.29, 1.82) is 0 Å². The summed E-state index contributed by atoms with van der Waals surface area (Å²) in [4.78, 5) is 13.0. The SMILES string of the molecule is Cc1cccc2c(N)c(C(=O)NCC3CCCS3)sc12. The molecular weight excluding hydrogens is 288 g/mol. The molecule has 2 aromatic rings. The fourth-order valence-corrected chi connectivity index (χ4v) is 4.85. The number of benzene rings is 1.